The van der Waals surface area contributed by atoms with E-state index < -0.39 is 23.9 Å². The number of aliphatic hydroxyl groups excluding tert-OH is 1. The Bertz CT molecular complexity index is 881. The normalized spacial score (nSPS) is 48.5. The summed E-state index contributed by atoms with van der Waals surface area (Å²) < 4.78 is 18.0. The molecular weight excluding hydrogens is 420 g/mol. The van der Waals surface area contributed by atoms with Crippen LogP contribution >= 0.6 is 0 Å². The number of esters is 1. The molecule has 3 aliphatic heterocycles. The van der Waals surface area contributed by atoms with E-state index in [1.165, 1.54) is 0 Å². The zero-order valence-corrected chi connectivity index (χ0v) is 20.4. The summed E-state index contributed by atoms with van der Waals surface area (Å²) in [4.78, 5) is 13.4. The average molecular weight is 459 g/mol. The number of aliphatic hydroxyl groups is 2. The van der Waals surface area contributed by atoms with Gasteiger partial charge in [-0.2, -0.15) is 0 Å². The number of hydrogen-bond acceptors (Lipinski definition) is 6. The van der Waals surface area contributed by atoms with Crippen LogP contribution in [0.1, 0.15) is 53.9 Å². The number of rotatable bonds is 0. The highest BCUT2D eigenvalue weighted by molar-refractivity contribution is 5.76. The molecule has 0 radical (unpaired) electrons. The lowest BCUT2D eigenvalue weighted by Crippen LogP contribution is -2.46. The van der Waals surface area contributed by atoms with E-state index in [4.69, 9.17) is 14.2 Å². The lowest BCUT2D eigenvalue weighted by atomic mass is 9.72. The molecule has 0 aromatic rings. The fourth-order valence-electron chi connectivity index (χ4n) is 5.71. The maximum Gasteiger partial charge on any atom is 0.313 e. The van der Waals surface area contributed by atoms with Gasteiger partial charge in [0.25, 0.3) is 0 Å². The summed E-state index contributed by atoms with van der Waals surface area (Å²) in [5, 5.41) is 21.5. The molecule has 6 unspecified atom stereocenters. The number of allylic oxidation sites excluding steroid dienone is 2. The Hall–Kier alpha value is -1.73. The summed E-state index contributed by atoms with van der Waals surface area (Å²) in [7, 11) is 0. The van der Waals surface area contributed by atoms with Crippen LogP contribution in [0.2, 0.25) is 0 Å². The van der Waals surface area contributed by atoms with Crippen molar-refractivity contribution in [3.63, 3.8) is 0 Å². The summed E-state index contributed by atoms with van der Waals surface area (Å²) in [6, 6.07) is 0. The standard InChI is InChI=1S/C27H38O6/c1-15-7-6-8-19-14-31-25-18(4)17(3)11-22(23(19)25)26(29)32-21-12-20(33-27(5,30)13-21)10-9-16(2)24(15)28/h6-9,11,15,18,20-25,28,30H,10,12-14H2,1-5H3/b7-6+,16-9+,19-8+/t15-,18?,20?,21?,22+,23?,24-,25?,27?/m0/s1. The van der Waals surface area contributed by atoms with E-state index in [0.717, 1.165) is 16.7 Å². The summed E-state index contributed by atoms with van der Waals surface area (Å²) in [5.74, 6) is -1.97. The number of carbonyl (C=O) groups excluding carboxylic acids is 1. The molecule has 9 atom stereocenters. The third-order valence-corrected chi connectivity index (χ3v) is 7.76. The van der Waals surface area contributed by atoms with E-state index in [2.05, 4.69) is 6.92 Å². The van der Waals surface area contributed by atoms with Gasteiger partial charge in [-0.25, -0.2) is 0 Å². The lowest BCUT2D eigenvalue weighted by molar-refractivity contribution is -0.263. The predicted molar refractivity (Wildman–Crippen MR) is 125 cm³/mol. The van der Waals surface area contributed by atoms with Crippen molar-refractivity contribution in [3.8, 4) is 0 Å². The Labute approximate surface area is 197 Å². The summed E-state index contributed by atoms with van der Waals surface area (Å²) >= 11 is 0. The molecule has 0 aromatic carbocycles. The van der Waals surface area contributed by atoms with Crippen LogP contribution in [0.3, 0.4) is 0 Å². The third-order valence-electron chi connectivity index (χ3n) is 7.76. The summed E-state index contributed by atoms with van der Waals surface area (Å²) in [5.41, 5.74) is 3.07. The van der Waals surface area contributed by atoms with Crippen molar-refractivity contribution in [2.75, 3.05) is 6.61 Å². The van der Waals surface area contributed by atoms with Gasteiger partial charge in [-0.05, 0) is 38.3 Å². The Balaban J connectivity index is 1.71. The molecule has 6 nitrogen and oxygen atoms in total. The maximum absolute atomic E-state index is 13.4. The van der Waals surface area contributed by atoms with Crippen LogP contribution in [-0.2, 0) is 19.0 Å². The minimum absolute atomic E-state index is 0.0650. The Morgan fingerprint density at radius 2 is 1.91 bits per heavy atom. The molecule has 2 bridgehead atoms. The summed E-state index contributed by atoms with van der Waals surface area (Å²) in [6.45, 7) is 10.2. The number of hydrogen-bond donors (Lipinski definition) is 2. The van der Waals surface area contributed by atoms with Crippen molar-refractivity contribution in [2.24, 2.45) is 23.7 Å². The topological polar surface area (TPSA) is 85.2 Å². The Morgan fingerprint density at radius 3 is 2.67 bits per heavy atom. The largest absolute Gasteiger partial charge is 0.462 e. The zero-order chi connectivity index (χ0) is 23.9. The quantitative estimate of drug-likeness (QED) is 0.424. The van der Waals surface area contributed by atoms with Crippen LogP contribution in [0.4, 0.5) is 0 Å². The van der Waals surface area contributed by atoms with Gasteiger partial charge in [0.05, 0.1) is 30.8 Å². The number of carbonyl (C=O) groups is 1. The molecule has 0 spiro atoms. The van der Waals surface area contributed by atoms with Gasteiger partial charge >= 0.3 is 5.97 Å². The number of fused-ring (bicyclic) bond motifs is 2. The first-order valence-electron chi connectivity index (χ1n) is 12.2. The van der Waals surface area contributed by atoms with Crippen LogP contribution < -0.4 is 0 Å². The van der Waals surface area contributed by atoms with E-state index in [1.54, 1.807) is 6.92 Å². The Morgan fingerprint density at radius 1 is 1.15 bits per heavy atom. The van der Waals surface area contributed by atoms with Crippen LogP contribution in [0.15, 0.2) is 47.1 Å². The first-order valence-corrected chi connectivity index (χ1v) is 12.2. The van der Waals surface area contributed by atoms with Gasteiger partial charge in [0.15, 0.2) is 5.79 Å². The van der Waals surface area contributed by atoms with E-state index >= 15 is 0 Å². The van der Waals surface area contributed by atoms with Gasteiger partial charge in [0.2, 0.25) is 0 Å². The third kappa shape index (κ3) is 5.19. The molecule has 6 heteroatoms. The molecule has 2 fully saturated rings. The molecule has 4 aliphatic rings. The molecule has 182 valence electrons. The minimum Gasteiger partial charge on any atom is -0.462 e. The molecule has 33 heavy (non-hydrogen) atoms. The molecular formula is C27H38O6. The van der Waals surface area contributed by atoms with E-state index in [-0.39, 0.29) is 42.4 Å². The molecule has 3 heterocycles. The van der Waals surface area contributed by atoms with Gasteiger partial charge in [-0.3, -0.25) is 4.79 Å². The van der Waals surface area contributed by atoms with Crippen molar-refractivity contribution in [1.29, 1.82) is 0 Å². The van der Waals surface area contributed by atoms with Gasteiger partial charge in [0.1, 0.15) is 6.10 Å². The second-order valence-corrected chi connectivity index (χ2v) is 10.6. The van der Waals surface area contributed by atoms with Crippen molar-refractivity contribution < 1.29 is 29.2 Å². The van der Waals surface area contributed by atoms with Crippen molar-refractivity contribution in [1.82, 2.24) is 0 Å². The maximum atomic E-state index is 13.4. The van der Waals surface area contributed by atoms with Crippen molar-refractivity contribution >= 4 is 5.97 Å². The van der Waals surface area contributed by atoms with E-state index in [9.17, 15) is 15.0 Å². The number of ether oxygens (including phenoxy) is 3. The highest BCUT2D eigenvalue weighted by Gasteiger charge is 2.48. The smallest absolute Gasteiger partial charge is 0.313 e. The molecule has 0 aromatic heterocycles. The molecule has 2 N–H and O–H groups in total. The van der Waals surface area contributed by atoms with Gasteiger partial charge in [0, 0.05) is 30.6 Å². The van der Waals surface area contributed by atoms with Crippen LogP contribution in [0, 0.1) is 23.7 Å². The fraction of sp³-hybridized carbons (Fsp3) is 0.667. The SMILES string of the molecule is CC1=C[C@H]2C(=O)OC3CC(C/C=C(\C)[C@@H](O)[C@@H](C)/C=C/C=C4\COC(C1C)C42)OC(C)(O)C3. The van der Waals surface area contributed by atoms with Gasteiger partial charge in [-0.1, -0.05) is 49.8 Å². The first kappa shape index (κ1) is 24.4. The predicted octanol–water partition coefficient (Wildman–Crippen LogP) is 3.84. The molecule has 0 saturated carbocycles. The lowest BCUT2D eigenvalue weighted by Gasteiger charge is -2.40. The van der Waals surface area contributed by atoms with Gasteiger partial charge in [-0.15, -0.1) is 0 Å². The van der Waals surface area contributed by atoms with E-state index in [0.29, 0.717) is 19.4 Å². The highest BCUT2D eigenvalue weighted by Crippen LogP contribution is 2.44. The second-order valence-electron chi connectivity index (χ2n) is 10.6. The second kappa shape index (κ2) is 9.49. The molecule has 2 saturated heterocycles. The van der Waals surface area contributed by atoms with Crippen LogP contribution in [0.25, 0.3) is 0 Å². The van der Waals surface area contributed by atoms with E-state index in [1.807, 2.05) is 51.2 Å². The monoisotopic (exact) mass is 458 g/mol. The molecule has 4 rings (SSSR count). The highest BCUT2D eigenvalue weighted by atomic mass is 16.6. The Kier molecular flexibility index (Phi) is 7.02. The molecule has 0 amide bonds. The van der Waals surface area contributed by atoms with Crippen LogP contribution in [0.5, 0.6) is 0 Å². The van der Waals surface area contributed by atoms with Crippen LogP contribution in [-0.4, -0.2) is 53.0 Å². The fourth-order valence-corrected chi connectivity index (χ4v) is 5.71. The molecule has 1 aliphatic carbocycles. The van der Waals surface area contributed by atoms with Crippen molar-refractivity contribution in [2.45, 2.75) is 84.1 Å². The first-order chi connectivity index (χ1) is 15.6. The van der Waals surface area contributed by atoms with Gasteiger partial charge < -0.3 is 24.4 Å². The summed E-state index contributed by atoms with van der Waals surface area (Å²) in [6.07, 6.45) is 9.88. The zero-order valence-electron chi connectivity index (χ0n) is 20.4. The average Bonchev–Trinajstić information content (AvgIpc) is 3.16. The minimum atomic E-state index is -1.37. The van der Waals surface area contributed by atoms with Crippen molar-refractivity contribution in [3.05, 3.63) is 47.1 Å².